The van der Waals surface area contributed by atoms with Crippen LogP contribution in [0.4, 0.5) is 14.5 Å². The van der Waals surface area contributed by atoms with Gasteiger partial charge in [-0.05, 0) is 19.1 Å². The van der Waals surface area contributed by atoms with Crippen molar-refractivity contribution in [2.75, 3.05) is 11.9 Å². The van der Waals surface area contributed by atoms with Gasteiger partial charge in [-0.25, -0.2) is 13.8 Å². The van der Waals surface area contributed by atoms with E-state index in [-0.39, 0.29) is 48.2 Å². The van der Waals surface area contributed by atoms with Gasteiger partial charge in [0, 0.05) is 29.9 Å². The molecule has 0 spiro atoms. The number of hydrogen-bond acceptors (Lipinski definition) is 5. The fraction of sp³-hybridized carbons (Fsp3) is 0.227. The first-order chi connectivity index (χ1) is 15.0. The van der Waals surface area contributed by atoms with Crippen LogP contribution in [0.15, 0.2) is 41.2 Å². The Morgan fingerprint density at radius 2 is 2.00 bits per heavy atom. The van der Waals surface area contributed by atoms with Crippen molar-refractivity contribution in [1.82, 2.24) is 9.97 Å². The number of nitrogens with one attached hydrogen (secondary N) is 2. The van der Waals surface area contributed by atoms with Gasteiger partial charge < -0.3 is 19.8 Å². The third-order valence-corrected chi connectivity index (χ3v) is 4.94. The van der Waals surface area contributed by atoms with E-state index < -0.39 is 11.6 Å². The Balaban J connectivity index is 1.60. The molecular formula is C22H21F2N4O3+. The highest BCUT2D eigenvalue weighted by molar-refractivity contribution is 6.10. The summed E-state index contributed by atoms with van der Waals surface area (Å²) in [7, 11) is 0. The van der Waals surface area contributed by atoms with Crippen LogP contribution in [0, 0.1) is 11.6 Å². The molecule has 31 heavy (non-hydrogen) atoms. The second-order valence-corrected chi connectivity index (χ2v) is 6.94. The van der Waals surface area contributed by atoms with E-state index in [0.717, 1.165) is 12.1 Å². The number of halogens is 2. The Kier molecular flexibility index (Phi) is 5.77. The van der Waals surface area contributed by atoms with Crippen LogP contribution >= 0.6 is 0 Å². The summed E-state index contributed by atoms with van der Waals surface area (Å²) < 4.78 is 39.2. The number of benzene rings is 2. The van der Waals surface area contributed by atoms with Crippen molar-refractivity contribution in [3.63, 3.8) is 0 Å². The molecule has 0 fully saturated rings. The van der Waals surface area contributed by atoms with Crippen LogP contribution in [0.5, 0.6) is 5.75 Å². The van der Waals surface area contributed by atoms with E-state index in [0.29, 0.717) is 29.1 Å². The molecule has 0 saturated carbocycles. The van der Waals surface area contributed by atoms with Crippen LogP contribution < -0.4 is 21.0 Å². The Labute approximate surface area is 176 Å². The average Bonchev–Trinajstić information content (AvgIpc) is 3.22. The normalized spacial score (nSPS) is 12.5. The minimum absolute atomic E-state index is 0.115. The Hall–Kier alpha value is -3.59. The molecule has 0 atom stereocenters. The fourth-order valence-corrected chi connectivity index (χ4v) is 3.37. The molecule has 2 heterocycles. The number of nitrogens with zero attached hydrogens (tertiary/aromatic N) is 1. The van der Waals surface area contributed by atoms with E-state index in [1.807, 2.05) is 0 Å². The molecule has 3 aromatic rings. The third kappa shape index (κ3) is 4.17. The summed E-state index contributed by atoms with van der Waals surface area (Å²) >= 11 is 0. The summed E-state index contributed by atoms with van der Waals surface area (Å²) in [5.74, 6) is -1.08. The zero-order chi connectivity index (χ0) is 22.0. The number of para-hydroxylation sites is 1. The van der Waals surface area contributed by atoms with E-state index in [2.05, 4.69) is 15.3 Å². The number of aromatic nitrogens is 2. The highest BCUT2D eigenvalue weighted by Gasteiger charge is 2.23. The highest BCUT2D eigenvalue weighted by atomic mass is 19.1. The van der Waals surface area contributed by atoms with Crippen LogP contribution in [0.3, 0.4) is 0 Å². The first kappa shape index (κ1) is 20.7. The van der Waals surface area contributed by atoms with Crippen molar-refractivity contribution in [2.45, 2.75) is 26.7 Å². The molecule has 0 bridgehead atoms. The lowest BCUT2D eigenvalue weighted by Gasteiger charge is -2.13. The lowest BCUT2D eigenvalue weighted by Crippen LogP contribution is -2.43. The standard InChI is InChI=1S/C22H20F2N4O3/c1-2-31-12-7-16(23)14(17(24)8-12)9-26-18-6-4-3-5-13(18)20(25)21-27-19-11-30-10-15(19)22(29)28-21/h3-8,25-26H,2,9-11H2,1H3,(H,27,28,29)/p+1. The molecule has 1 aromatic heterocycles. The predicted octanol–water partition coefficient (Wildman–Crippen LogP) is 1.69. The van der Waals surface area contributed by atoms with Crippen molar-refractivity contribution in [3.8, 4) is 5.75 Å². The molecule has 4 rings (SSSR count). The van der Waals surface area contributed by atoms with Gasteiger partial charge in [0.05, 0.1) is 36.6 Å². The summed E-state index contributed by atoms with van der Waals surface area (Å²) in [6, 6.07) is 9.28. The number of H-pyrrole nitrogens is 1. The second-order valence-electron chi connectivity index (χ2n) is 6.94. The highest BCUT2D eigenvalue weighted by Crippen LogP contribution is 2.24. The molecule has 7 nitrogen and oxygen atoms in total. The molecule has 0 saturated heterocycles. The molecule has 1 aliphatic heterocycles. The number of rotatable bonds is 7. The summed E-state index contributed by atoms with van der Waals surface area (Å²) in [5, 5.41) is 9.31. The van der Waals surface area contributed by atoms with Crippen LogP contribution in [0.25, 0.3) is 0 Å². The zero-order valence-corrected chi connectivity index (χ0v) is 16.8. The molecular weight excluding hydrogens is 406 g/mol. The lowest BCUT2D eigenvalue weighted by molar-refractivity contribution is -0.112. The van der Waals surface area contributed by atoms with E-state index in [1.165, 1.54) is 0 Å². The number of anilines is 1. The molecule has 0 radical (unpaired) electrons. The Morgan fingerprint density at radius 1 is 1.26 bits per heavy atom. The van der Waals surface area contributed by atoms with Crippen LogP contribution in [0.1, 0.15) is 35.1 Å². The Morgan fingerprint density at radius 3 is 2.74 bits per heavy atom. The van der Waals surface area contributed by atoms with Crippen molar-refractivity contribution in [3.05, 3.63) is 86.6 Å². The summed E-state index contributed by atoms with van der Waals surface area (Å²) in [6.45, 7) is 2.39. The largest absolute Gasteiger partial charge is 0.494 e. The first-order valence-corrected chi connectivity index (χ1v) is 9.74. The SMILES string of the molecule is CCOc1cc(F)c(CNc2ccccc2C(=[NH2+])c2nc3c(c(=O)[nH]2)COC3)c(F)c1. The van der Waals surface area contributed by atoms with Gasteiger partial charge in [-0.1, -0.05) is 12.1 Å². The van der Waals surface area contributed by atoms with Crippen molar-refractivity contribution >= 4 is 11.4 Å². The van der Waals surface area contributed by atoms with E-state index in [4.69, 9.17) is 14.9 Å². The minimum Gasteiger partial charge on any atom is -0.494 e. The van der Waals surface area contributed by atoms with Crippen molar-refractivity contribution in [2.24, 2.45) is 0 Å². The Bertz CT molecular complexity index is 1190. The third-order valence-electron chi connectivity index (χ3n) is 4.94. The smallest absolute Gasteiger partial charge is 0.257 e. The monoisotopic (exact) mass is 427 g/mol. The van der Waals surface area contributed by atoms with Gasteiger partial charge in [0.1, 0.15) is 17.4 Å². The molecule has 0 amide bonds. The number of ether oxygens (including phenoxy) is 2. The summed E-state index contributed by atoms with van der Waals surface area (Å²) in [4.78, 5) is 19.3. The topological polar surface area (TPSA) is 102 Å². The number of aromatic amines is 1. The molecule has 1 aliphatic rings. The van der Waals surface area contributed by atoms with Gasteiger partial charge in [-0.15, -0.1) is 0 Å². The maximum atomic E-state index is 14.4. The van der Waals surface area contributed by atoms with Gasteiger partial charge in [-0.2, -0.15) is 0 Å². The van der Waals surface area contributed by atoms with Gasteiger partial charge in [-0.3, -0.25) is 10.2 Å². The summed E-state index contributed by atoms with van der Waals surface area (Å²) in [5.41, 5.74) is 1.91. The zero-order valence-electron chi connectivity index (χ0n) is 16.8. The first-order valence-electron chi connectivity index (χ1n) is 9.74. The minimum atomic E-state index is -0.713. The number of fused-ring (bicyclic) bond motifs is 1. The predicted molar refractivity (Wildman–Crippen MR) is 110 cm³/mol. The molecule has 9 heteroatoms. The van der Waals surface area contributed by atoms with E-state index in [9.17, 15) is 13.6 Å². The maximum absolute atomic E-state index is 14.4. The van der Waals surface area contributed by atoms with Gasteiger partial charge >= 0.3 is 0 Å². The van der Waals surface area contributed by atoms with Gasteiger partial charge in [0.15, 0.2) is 0 Å². The fourth-order valence-electron chi connectivity index (χ4n) is 3.37. The van der Waals surface area contributed by atoms with E-state index in [1.54, 1.807) is 31.2 Å². The van der Waals surface area contributed by atoms with E-state index >= 15 is 0 Å². The van der Waals surface area contributed by atoms with Crippen LogP contribution in [-0.4, -0.2) is 22.3 Å². The maximum Gasteiger partial charge on any atom is 0.257 e. The average molecular weight is 427 g/mol. The molecule has 4 N–H and O–H groups in total. The second kappa shape index (κ2) is 8.65. The lowest BCUT2D eigenvalue weighted by atomic mass is 10.1. The number of hydrogen-bond donors (Lipinski definition) is 3. The quantitative estimate of drug-likeness (QED) is 0.498. The summed E-state index contributed by atoms with van der Waals surface area (Å²) in [6.07, 6.45) is 0. The van der Waals surface area contributed by atoms with Gasteiger partial charge in [0.25, 0.3) is 5.56 Å². The molecule has 2 aromatic carbocycles. The molecule has 0 unspecified atom stereocenters. The van der Waals surface area contributed by atoms with Crippen molar-refractivity contribution in [1.29, 1.82) is 0 Å². The van der Waals surface area contributed by atoms with Gasteiger partial charge in [0.2, 0.25) is 11.5 Å². The van der Waals surface area contributed by atoms with Crippen LogP contribution in [-0.2, 0) is 24.5 Å². The van der Waals surface area contributed by atoms with Crippen LogP contribution in [0.2, 0.25) is 0 Å². The number of nitrogens with two attached hydrogens (primary N) is 1. The molecule has 0 aliphatic carbocycles. The molecule has 160 valence electrons. The van der Waals surface area contributed by atoms with Crippen molar-refractivity contribution < 1.29 is 23.7 Å².